The van der Waals surface area contributed by atoms with Crippen LogP contribution >= 0.6 is 12.9 Å². The van der Waals surface area contributed by atoms with Crippen LogP contribution in [0.15, 0.2) is 54.7 Å². The van der Waals surface area contributed by atoms with Crippen molar-refractivity contribution in [3.63, 3.8) is 0 Å². The van der Waals surface area contributed by atoms with Gasteiger partial charge in [0.1, 0.15) is 28.8 Å². The summed E-state index contributed by atoms with van der Waals surface area (Å²) >= 11 is 3.40. The quantitative estimate of drug-likeness (QED) is 0.301. The Hall–Kier alpha value is -3.66. The van der Waals surface area contributed by atoms with Gasteiger partial charge in [-0.05, 0) is 42.5 Å². The summed E-state index contributed by atoms with van der Waals surface area (Å²) < 4.78 is 47.7. The van der Waals surface area contributed by atoms with E-state index in [0.717, 1.165) is 28.8 Å². The molecule has 0 amide bonds. The Morgan fingerprint density at radius 2 is 1.67 bits per heavy atom. The minimum Gasteiger partial charge on any atom is -0.389 e. The number of carbonyl (C=O) groups excluding carboxylic acids is 2. The van der Waals surface area contributed by atoms with Crippen LogP contribution in [-0.4, -0.2) is 26.3 Å². The lowest BCUT2D eigenvalue weighted by Gasteiger charge is -2.12. The Labute approximate surface area is 172 Å². The zero-order valence-electron chi connectivity index (χ0n) is 14.8. The maximum atomic E-state index is 14.6. The van der Waals surface area contributed by atoms with E-state index in [0.29, 0.717) is 0 Å². The molecule has 0 aliphatic heterocycles. The van der Waals surface area contributed by atoms with Gasteiger partial charge in [0.25, 0.3) is 0 Å². The van der Waals surface area contributed by atoms with Crippen LogP contribution in [0.25, 0.3) is 16.7 Å². The lowest BCUT2D eigenvalue weighted by atomic mass is 10.1. The minimum absolute atomic E-state index is 0.0835. The van der Waals surface area contributed by atoms with Gasteiger partial charge in [-0.25, -0.2) is 27.9 Å². The molecule has 0 aliphatic rings. The van der Waals surface area contributed by atoms with E-state index in [-0.39, 0.29) is 22.3 Å². The van der Waals surface area contributed by atoms with Crippen molar-refractivity contribution in [3.05, 3.63) is 89.3 Å². The second-order valence-corrected chi connectivity index (χ2v) is 6.31. The molecule has 0 bridgehead atoms. The van der Waals surface area contributed by atoms with Crippen LogP contribution in [0.5, 0.6) is 0 Å². The Bertz CT molecular complexity index is 1290. The van der Waals surface area contributed by atoms with Crippen LogP contribution in [0.4, 0.5) is 13.2 Å². The molecule has 0 radical (unpaired) electrons. The highest BCUT2D eigenvalue weighted by molar-refractivity contribution is 7.75. The summed E-state index contributed by atoms with van der Waals surface area (Å²) in [5.74, 6) is -4.53. The molecule has 4 rings (SSSR count). The van der Waals surface area contributed by atoms with Crippen LogP contribution < -0.4 is 0 Å². The van der Waals surface area contributed by atoms with E-state index >= 15 is 0 Å². The number of halogens is 3. The zero-order valence-corrected chi connectivity index (χ0v) is 15.7. The van der Waals surface area contributed by atoms with Crippen LogP contribution in [-0.2, 0) is 4.18 Å². The van der Waals surface area contributed by atoms with Gasteiger partial charge in [-0.3, -0.25) is 9.36 Å². The summed E-state index contributed by atoms with van der Waals surface area (Å²) in [6.45, 7) is 0. The number of ketones is 1. The molecule has 2 aromatic carbocycles. The molecular weight excluding hydrogens is 419 g/mol. The number of hydrogen-bond donors (Lipinski definition) is 1. The lowest BCUT2D eigenvalue weighted by Crippen LogP contribution is -2.13. The first-order valence-corrected chi connectivity index (χ1v) is 8.76. The fourth-order valence-corrected chi connectivity index (χ4v) is 3.06. The first-order valence-electron chi connectivity index (χ1n) is 8.39. The molecule has 6 nitrogen and oxygen atoms in total. The standard InChI is InChI=1S/C20H10F3N3O3S/c21-12-6-4-10(5-7-12)17(27)15-8-11-9-24-18(20(28)29-30)25-19(11)26(15)16-13(22)2-1-3-14(16)23/h1-9,30H. The monoisotopic (exact) mass is 429 g/mol. The first kappa shape index (κ1) is 19.6. The summed E-state index contributed by atoms with van der Waals surface area (Å²) in [5.41, 5.74) is -0.749. The zero-order chi connectivity index (χ0) is 21.4. The number of rotatable bonds is 4. The highest BCUT2D eigenvalue weighted by atomic mass is 32.1. The van der Waals surface area contributed by atoms with Gasteiger partial charge in [-0.1, -0.05) is 6.07 Å². The van der Waals surface area contributed by atoms with Gasteiger partial charge < -0.3 is 4.18 Å². The van der Waals surface area contributed by atoms with Crippen molar-refractivity contribution in [1.29, 1.82) is 0 Å². The summed E-state index contributed by atoms with van der Waals surface area (Å²) in [5, 5.41) is 0.235. The molecule has 0 fully saturated rings. The van der Waals surface area contributed by atoms with Gasteiger partial charge in [-0.2, -0.15) is 0 Å². The summed E-state index contributed by atoms with van der Waals surface area (Å²) in [6.07, 6.45) is 1.21. The van der Waals surface area contributed by atoms with Crippen molar-refractivity contribution in [1.82, 2.24) is 14.5 Å². The van der Waals surface area contributed by atoms with E-state index in [1.54, 1.807) is 0 Å². The molecule has 0 saturated carbocycles. The lowest BCUT2D eigenvalue weighted by molar-refractivity contribution is 0.0760. The molecule has 0 spiro atoms. The van der Waals surface area contributed by atoms with Crippen molar-refractivity contribution < 1.29 is 26.9 Å². The van der Waals surface area contributed by atoms with Gasteiger partial charge in [0, 0.05) is 30.1 Å². The van der Waals surface area contributed by atoms with Crippen molar-refractivity contribution in [2.24, 2.45) is 0 Å². The Balaban J connectivity index is 2.03. The maximum absolute atomic E-state index is 14.6. The van der Waals surface area contributed by atoms with Crippen LogP contribution in [0.2, 0.25) is 0 Å². The number of fused-ring (bicyclic) bond motifs is 1. The third-order valence-corrected chi connectivity index (χ3v) is 4.47. The first-order chi connectivity index (χ1) is 14.4. The Morgan fingerprint density at radius 3 is 2.30 bits per heavy atom. The van der Waals surface area contributed by atoms with E-state index in [2.05, 4.69) is 27.1 Å². The van der Waals surface area contributed by atoms with E-state index in [9.17, 15) is 22.8 Å². The largest absolute Gasteiger partial charge is 0.389 e. The van der Waals surface area contributed by atoms with Crippen molar-refractivity contribution in [2.45, 2.75) is 0 Å². The Kier molecular flexibility index (Phi) is 5.00. The molecule has 0 N–H and O–H groups in total. The molecule has 30 heavy (non-hydrogen) atoms. The van der Waals surface area contributed by atoms with Crippen molar-refractivity contribution >= 4 is 35.7 Å². The predicted molar refractivity (Wildman–Crippen MR) is 103 cm³/mol. The molecular formula is C20H10F3N3O3S. The molecule has 10 heteroatoms. The van der Waals surface area contributed by atoms with Gasteiger partial charge in [-0.15, -0.1) is 0 Å². The van der Waals surface area contributed by atoms with Gasteiger partial charge >= 0.3 is 5.97 Å². The molecule has 2 aromatic heterocycles. The summed E-state index contributed by atoms with van der Waals surface area (Å²) in [4.78, 5) is 32.6. The smallest absolute Gasteiger partial charge is 0.388 e. The van der Waals surface area contributed by atoms with Crippen molar-refractivity contribution in [2.75, 3.05) is 0 Å². The van der Waals surface area contributed by atoms with Gasteiger partial charge in [0.05, 0.1) is 5.69 Å². The number of benzene rings is 2. The van der Waals surface area contributed by atoms with Gasteiger partial charge in [0.15, 0.2) is 0 Å². The van der Waals surface area contributed by atoms with E-state index in [1.165, 1.54) is 30.5 Å². The molecule has 0 aliphatic carbocycles. The second-order valence-electron chi connectivity index (χ2n) is 6.12. The average Bonchev–Trinajstić information content (AvgIpc) is 3.11. The number of hydrogen-bond acceptors (Lipinski definition) is 6. The second kappa shape index (κ2) is 7.64. The van der Waals surface area contributed by atoms with E-state index in [1.807, 2.05) is 0 Å². The molecule has 4 aromatic rings. The van der Waals surface area contributed by atoms with E-state index in [4.69, 9.17) is 0 Å². The molecule has 0 atom stereocenters. The SMILES string of the molecule is O=C(OS)c1ncc2cc(C(=O)c3ccc(F)cc3)n(-c3c(F)cccc3F)c2n1. The third kappa shape index (κ3) is 3.30. The topological polar surface area (TPSA) is 74.1 Å². The van der Waals surface area contributed by atoms with Crippen LogP contribution in [0.1, 0.15) is 26.7 Å². The number of aromatic nitrogens is 3. The van der Waals surface area contributed by atoms with E-state index < -0.39 is 40.7 Å². The summed E-state index contributed by atoms with van der Waals surface area (Å²) in [7, 11) is 0. The van der Waals surface area contributed by atoms with Crippen molar-refractivity contribution in [3.8, 4) is 5.69 Å². The fraction of sp³-hybridized carbons (Fsp3) is 0. The molecule has 2 heterocycles. The number of para-hydroxylation sites is 1. The molecule has 0 saturated heterocycles. The normalized spacial score (nSPS) is 10.9. The third-order valence-electron chi connectivity index (χ3n) is 4.31. The number of thiol groups is 1. The predicted octanol–water partition coefficient (Wildman–Crippen LogP) is 4.07. The molecule has 150 valence electrons. The van der Waals surface area contributed by atoms with Crippen LogP contribution in [0, 0.1) is 17.5 Å². The number of nitrogens with zero attached hydrogens (tertiary/aromatic N) is 3. The Morgan fingerprint density at radius 1 is 1.00 bits per heavy atom. The van der Waals surface area contributed by atoms with Gasteiger partial charge in [0.2, 0.25) is 11.6 Å². The minimum atomic E-state index is -0.992. The molecule has 0 unspecified atom stereocenters. The highest BCUT2D eigenvalue weighted by Crippen LogP contribution is 2.28. The average molecular weight is 429 g/mol. The summed E-state index contributed by atoms with van der Waals surface area (Å²) in [6, 6.07) is 9.18. The van der Waals surface area contributed by atoms with Crippen LogP contribution in [0.3, 0.4) is 0 Å². The maximum Gasteiger partial charge on any atom is 0.388 e. The highest BCUT2D eigenvalue weighted by Gasteiger charge is 2.25. The number of carbonyl (C=O) groups is 2. The fourth-order valence-electron chi connectivity index (χ4n) is 2.97.